The fourth-order valence-electron chi connectivity index (χ4n) is 3.55. The Morgan fingerprint density at radius 3 is 2.50 bits per heavy atom. The van der Waals surface area contributed by atoms with Crippen LogP contribution in [0.5, 0.6) is 0 Å². The van der Waals surface area contributed by atoms with Crippen molar-refractivity contribution in [2.75, 3.05) is 6.54 Å². The molecule has 2 saturated heterocycles. The number of hydrogen-bond acceptors (Lipinski definition) is 6. The predicted molar refractivity (Wildman–Crippen MR) is 102 cm³/mol. The van der Waals surface area contributed by atoms with Gasteiger partial charge in [-0.1, -0.05) is 30.3 Å². The van der Waals surface area contributed by atoms with E-state index in [2.05, 4.69) is 10.6 Å². The van der Waals surface area contributed by atoms with Crippen LogP contribution in [0.25, 0.3) is 0 Å². The number of nitrogens with one attached hydrogen (secondary N) is 2. The summed E-state index contributed by atoms with van der Waals surface area (Å²) in [6, 6.07) is 5.80. The van der Waals surface area contributed by atoms with Crippen molar-refractivity contribution in [3.63, 3.8) is 0 Å². The Kier molecular flexibility index (Phi) is 5.35. The minimum Gasteiger partial charge on any atom is -0.480 e. The molecule has 2 heterocycles. The van der Waals surface area contributed by atoms with Crippen molar-refractivity contribution in [2.45, 2.75) is 42.1 Å². The van der Waals surface area contributed by atoms with E-state index in [0.29, 0.717) is 5.56 Å². The minimum absolute atomic E-state index is 0.278. The average molecular weight is 406 g/mol. The molecular formula is C18H22N4O5S. The normalized spacial score (nSPS) is 26.0. The lowest BCUT2D eigenvalue weighted by Gasteiger charge is -2.44. The van der Waals surface area contributed by atoms with Crippen molar-refractivity contribution in [1.82, 2.24) is 15.5 Å². The van der Waals surface area contributed by atoms with Crippen LogP contribution >= 0.6 is 11.8 Å². The highest BCUT2D eigenvalue weighted by molar-refractivity contribution is 8.01. The second kappa shape index (κ2) is 7.44. The summed E-state index contributed by atoms with van der Waals surface area (Å²) >= 11 is 1.34. The van der Waals surface area contributed by atoms with E-state index >= 15 is 0 Å². The Labute approximate surface area is 166 Å². The lowest BCUT2D eigenvalue weighted by molar-refractivity contribution is -0.161. The quantitative estimate of drug-likeness (QED) is 0.464. The van der Waals surface area contributed by atoms with Gasteiger partial charge < -0.3 is 26.4 Å². The number of carbonyl (C=O) groups is 4. The van der Waals surface area contributed by atoms with Crippen LogP contribution in [0.4, 0.5) is 0 Å². The zero-order chi connectivity index (χ0) is 20.6. The molecule has 3 rings (SSSR count). The van der Waals surface area contributed by atoms with Crippen LogP contribution < -0.4 is 16.4 Å². The van der Waals surface area contributed by atoms with Gasteiger partial charge >= 0.3 is 5.97 Å². The number of nitrogens with two attached hydrogens (primary N) is 1. The molecule has 0 radical (unpaired) electrons. The second-order valence-corrected chi connectivity index (χ2v) is 8.97. The Morgan fingerprint density at radius 2 is 1.93 bits per heavy atom. The molecule has 0 aliphatic carbocycles. The van der Waals surface area contributed by atoms with E-state index in [1.165, 1.54) is 16.7 Å². The van der Waals surface area contributed by atoms with Gasteiger partial charge in [0.15, 0.2) is 0 Å². The van der Waals surface area contributed by atoms with Crippen molar-refractivity contribution in [3.05, 3.63) is 35.9 Å². The number of thioether (sulfide) groups is 1. The second-order valence-electron chi connectivity index (χ2n) is 7.20. The standard InChI is InChI=1S/C18H22N4O5S/c1-18(2)13(17(26)27)22-15(25)12(16(22)28-18)21-14(24)11(20-10(23)8-19)9-6-4-3-5-7-9/h3-7,11-13,16H,8,19H2,1-2H3,(H,20,23)(H,21,24)(H,26,27)/t11?,12-,13+,16-/m1/s1. The Balaban J connectivity index is 1.77. The summed E-state index contributed by atoms with van der Waals surface area (Å²) in [5.41, 5.74) is 5.89. The third-order valence-electron chi connectivity index (χ3n) is 4.86. The maximum atomic E-state index is 12.8. The summed E-state index contributed by atoms with van der Waals surface area (Å²) in [7, 11) is 0. The van der Waals surface area contributed by atoms with E-state index in [4.69, 9.17) is 5.73 Å². The van der Waals surface area contributed by atoms with E-state index in [1.807, 2.05) is 0 Å². The lowest BCUT2D eigenvalue weighted by Crippen LogP contribution is -2.71. The van der Waals surface area contributed by atoms with E-state index in [9.17, 15) is 24.3 Å². The van der Waals surface area contributed by atoms with E-state index in [-0.39, 0.29) is 6.54 Å². The zero-order valence-corrected chi connectivity index (χ0v) is 16.2. The topological polar surface area (TPSA) is 142 Å². The number of aliphatic carboxylic acids is 1. The number of carboxylic acid groups (broad SMARTS) is 1. The zero-order valence-electron chi connectivity index (χ0n) is 15.4. The van der Waals surface area contributed by atoms with Crippen LogP contribution in [0.2, 0.25) is 0 Å². The van der Waals surface area contributed by atoms with Crippen molar-refractivity contribution >= 4 is 35.5 Å². The van der Waals surface area contributed by atoms with Crippen molar-refractivity contribution in [3.8, 4) is 0 Å². The molecule has 4 atom stereocenters. The van der Waals surface area contributed by atoms with Crippen molar-refractivity contribution < 1.29 is 24.3 Å². The molecule has 2 fully saturated rings. The smallest absolute Gasteiger partial charge is 0.327 e. The maximum Gasteiger partial charge on any atom is 0.327 e. The molecule has 0 saturated carbocycles. The van der Waals surface area contributed by atoms with Gasteiger partial charge in [-0.3, -0.25) is 14.4 Å². The minimum atomic E-state index is -1.07. The van der Waals surface area contributed by atoms with Gasteiger partial charge in [0, 0.05) is 4.75 Å². The highest BCUT2D eigenvalue weighted by Gasteiger charge is 2.64. The summed E-state index contributed by atoms with van der Waals surface area (Å²) in [6.45, 7) is 3.24. The molecule has 0 spiro atoms. The number of carboxylic acids is 1. The van der Waals surface area contributed by atoms with Crippen LogP contribution in [-0.2, 0) is 19.2 Å². The molecule has 2 aliphatic heterocycles. The lowest BCUT2D eigenvalue weighted by atomic mass is 9.95. The molecule has 3 amide bonds. The fraction of sp³-hybridized carbons (Fsp3) is 0.444. The van der Waals surface area contributed by atoms with Gasteiger partial charge in [-0.05, 0) is 19.4 Å². The van der Waals surface area contributed by atoms with Gasteiger partial charge in [0.05, 0.1) is 6.54 Å². The van der Waals surface area contributed by atoms with Crippen LogP contribution in [-0.4, -0.2) is 62.4 Å². The Morgan fingerprint density at radius 1 is 1.29 bits per heavy atom. The molecule has 5 N–H and O–H groups in total. The number of benzene rings is 1. The van der Waals surface area contributed by atoms with E-state index < -0.39 is 51.9 Å². The molecule has 1 aromatic rings. The Bertz CT molecular complexity index is 815. The SMILES string of the molecule is CC1(C)S[C@@H]2[C@H](NC(=O)C(NC(=O)CN)c3ccccc3)C(=O)N2[C@H]1C(=O)O. The first-order valence-electron chi connectivity index (χ1n) is 8.75. The number of carbonyl (C=O) groups excluding carboxylic acids is 3. The van der Waals surface area contributed by atoms with Gasteiger partial charge in [-0.15, -0.1) is 11.8 Å². The molecule has 0 bridgehead atoms. The summed E-state index contributed by atoms with van der Waals surface area (Å²) in [5, 5.41) is 14.2. The number of amides is 3. The maximum absolute atomic E-state index is 12.8. The summed E-state index contributed by atoms with van der Waals surface area (Å²) in [6.07, 6.45) is 0. The predicted octanol–water partition coefficient (Wildman–Crippen LogP) is -0.566. The fourth-order valence-corrected chi connectivity index (χ4v) is 5.17. The number of nitrogens with zero attached hydrogens (tertiary/aromatic N) is 1. The molecule has 28 heavy (non-hydrogen) atoms. The van der Waals surface area contributed by atoms with Gasteiger partial charge in [0.1, 0.15) is 23.5 Å². The first-order valence-corrected chi connectivity index (χ1v) is 9.63. The highest BCUT2D eigenvalue weighted by atomic mass is 32.2. The van der Waals surface area contributed by atoms with Gasteiger partial charge in [0.25, 0.3) is 0 Å². The number of hydrogen-bond donors (Lipinski definition) is 4. The molecular weight excluding hydrogens is 384 g/mol. The Hall–Kier alpha value is -2.59. The number of fused-ring (bicyclic) bond motifs is 1. The molecule has 0 aromatic heterocycles. The van der Waals surface area contributed by atoms with Gasteiger partial charge in [-0.25, -0.2) is 4.79 Å². The first-order chi connectivity index (χ1) is 13.2. The molecule has 150 valence electrons. The molecule has 2 aliphatic rings. The number of β-lactam (4-membered cyclic amide) rings is 1. The number of rotatable bonds is 6. The van der Waals surface area contributed by atoms with Gasteiger partial charge in [-0.2, -0.15) is 0 Å². The molecule has 10 heteroatoms. The molecule has 1 aromatic carbocycles. The third-order valence-corrected chi connectivity index (χ3v) is 6.43. The van der Waals surface area contributed by atoms with Crippen molar-refractivity contribution in [2.24, 2.45) is 5.73 Å². The van der Waals surface area contributed by atoms with Crippen LogP contribution in [0.15, 0.2) is 30.3 Å². The highest BCUT2D eigenvalue weighted by Crippen LogP contribution is 2.50. The summed E-state index contributed by atoms with van der Waals surface area (Å²) in [4.78, 5) is 50.0. The average Bonchev–Trinajstić information content (AvgIpc) is 2.92. The van der Waals surface area contributed by atoms with E-state index in [0.717, 1.165) is 0 Å². The summed E-state index contributed by atoms with van der Waals surface area (Å²) < 4.78 is -0.682. The third kappa shape index (κ3) is 3.45. The summed E-state index contributed by atoms with van der Waals surface area (Å²) in [5.74, 6) is -2.58. The van der Waals surface area contributed by atoms with E-state index in [1.54, 1.807) is 44.2 Å². The molecule has 1 unspecified atom stereocenters. The van der Waals surface area contributed by atoms with Crippen LogP contribution in [0.3, 0.4) is 0 Å². The molecule has 9 nitrogen and oxygen atoms in total. The monoisotopic (exact) mass is 406 g/mol. The largest absolute Gasteiger partial charge is 0.480 e. The first kappa shape index (κ1) is 20.2. The van der Waals surface area contributed by atoms with Crippen LogP contribution in [0.1, 0.15) is 25.5 Å². The van der Waals surface area contributed by atoms with Gasteiger partial charge in [0.2, 0.25) is 17.7 Å². The van der Waals surface area contributed by atoms with Crippen LogP contribution in [0, 0.1) is 0 Å². The van der Waals surface area contributed by atoms with Crippen molar-refractivity contribution in [1.29, 1.82) is 0 Å².